The second-order valence-corrected chi connectivity index (χ2v) is 5.86. The van der Waals surface area contributed by atoms with Crippen molar-refractivity contribution in [2.75, 3.05) is 5.32 Å². The van der Waals surface area contributed by atoms with Gasteiger partial charge in [0, 0.05) is 11.3 Å². The van der Waals surface area contributed by atoms with Crippen LogP contribution in [0.25, 0.3) is 10.2 Å². The summed E-state index contributed by atoms with van der Waals surface area (Å²) >= 11 is 1.31. The molecule has 3 rings (SSSR count). The van der Waals surface area contributed by atoms with Crippen molar-refractivity contribution >= 4 is 33.5 Å². The van der Waals surface area contributed by atoms with Crippen LogP contribution in [0.4, 0.5) is 5.82 Å². The van der Waals surface area contributed by atoms with Crippen molar-refractivity contribution in [2.24, 2.45) is 0 Å². The number of fused-ring (bicyclic) bond motifs is 1. The fraction of sp³-hybridized carbons (Fsp3) is 0.188. The van der Waals surface area contributed by atoms with Crippen LogP contribution < -0.4 is 5.32 Å². The molecule has 5 heteroatoms. The molecule has 0 aliphatic rings. The average molecular weight is 297 g/mol. The minimum absolute atomic E-state index is 0.151. The highest BCUT2D eigenvalue weighted by Crippen LogP contribution is 2.29. The fourth-order valence-electron chi connectivity index (χ4n) is 2.26. The van der Waals surface area contributed by atoms with E-state index >= 15 is 0 Å². The molecule has 0 fully saturated rings. The van der Waals surface area contributed by atoms with Gasteiger partial charge in [-0.05, 0) is 56.1 Å². The number of rotatable bonds is 2. The van der Waals surface area contributed by atoms with Gasteiger partial charge in [-0.3, -0.25) is 4.79 Å². The van der Waals surface area contributed by atoms with Crippen LogP contribution in [0.15, 0.2) is 30.3 Å². The van der Waals surface area contributed by atoms with Gasteiger partial charge in [0.05, 0.1) is 5.39 Å². The Morgan fingerprint density at radius 1 is 1.14 bits per heavy atom. The lowest BCUT2D eigenvalue weighted by Gasteiger charge is -2.05. The summed E-state index contributed by atoms with van der Waals surface area (Å²) in [6.45, 7) is 5.96. The predicted octanol–water partition coefficient (Wildman–Crippen LogP) is 3.87. The van der Waals surface area contributed by atoms with Gasteiger partial charge in [0.15, 0.2) is 5.82 Å². The van der Waals surface area contributed by atoms with Crippen LogP contribution in [0.2, 0.25) is 0 Å². The third-order valence-corrected chi connectivity index (χ3v) is 4.06. The monoisotopic (exact) mass is 297 g/mol. The first-order valence-electron chi connectivity index (χ1n) is 6.66. The zero-order valence-corrected chi connectivity index (χ0v) is 12.9. The molecule has 106 valence electrons. The number of pyridine rings is 1. The van der Waals surface area contributed by atoms with E-state index in [0.717, 1.165) is 27.0 Å². The molecule has 1 aromatic carbocycles. The molecule has 0 aliphatic carbocycles. The van der Waals surface area contributed by atoms with Crippen molar-refractivity contribution in [3.63, 3.8) is 0 Å². The number of carbonyl (C=O) groups excluding carboxylic acids is 1. The summed E-state index contributed by atoms with van der Waals surface area (Å²) in [6.07, 6.45) is 0. The van der Waals surface area contributed by atoms with Crippen LogP contribution in [0.3, 0.4) is 0 Å². The number of nitrogens with zero attached hydrogens (tertiary/aromatic N) is 2. The number of hydrogen-bond acceptors (Lipinski definition) is 4. The zero-order valence-electron chi connectivity index (χ0n) is 12.1. The largest absolute Gasteiger partial charge is 0.305 e. The molecule has 4 nitrogen and oxygen atoms in total. The average Bonchev–Trinajstić information content (AvgIpc) is 2.82. The van der Waals surface area contributed by atoms with Crippen LogP contribution >= 0.6 is 11.5 Å². The molecule has 0 aliphatic heterocycles. The van der Waals surface area contributed by atoms with Crippen LogP contribution in [0.1, 0.15) is 27.2 Å². The third-order valence-electron chi connectivity index (χ3n) is 3.32. The van der Waals surface area contributed by atoms with Gasteiger partial charge in [-0.1, -0.05) is 17.7 Å². The molecule has 21 heavy (non-hydrogen) atoms. The Hall–Kier alpha value is -2.27. The molecule has 1 N–H and O–H groups in total. The summed E-state index contributed by atoms with van der Waals surface area (Å²) in [5.41, 5.74) is 3.78. The maximum absolute atomic E-state index is 12.3. The van der Waals surface area contributed by atoms with E-state index in [1.165, 1.54) is 11.5 Å². The molecule has 1 amide bonds. The number of aromatic nitrogens is 2. The standard InChI is InChI=1S/C16H15N3OS/c1-9-4-6-12(7-5-9)15(20)18-14-13-10(2)8-11(3)17-16(13)21-19-14/h4-8H,1-3H3,(H,18,19,20). The van der Waals surface area contributed by atoms with E-state index < -0.39 is 0 Å². The van der Waals surface area contributed by atoms with Crippen LogP contribution in [0, 0.1) is 20.8 Å². The Labute approximate surface area is 127 Å². The van der Waals surface area contributed by atoms with E-state index in [4.69, 9.17) is 0 Å². The first-order chi connectivity index (χ1) is 10.0. The molecule has 2 heterocycles. The summed E-state index contributed by atoms with van der Waals surface area (Å²) < 4.78 is 4.33. The van der Waals surface area contributed by atoms with Crippen LogP contribution in [-0.2, 0) is 0 Å². The van der Waals surface area contributed by atoms with E-state index in [1.54, 1.807) is 0 Å². The van der Waals surface area contributed by atoms with Crippen molar-refractivity contribution in [1.82, 2.24) is 9.36 Å². The van der Waals surface area contributed by atoms with E-state index in [9.17, 15) is 4.79 Å². The predicted molar refractivity (Wildman–Crippen MR) is 86.0 cm³/mol. The molecule has 2 aromatic heterocycles. The maximum atomic E-state index is 12.3. The van der Waals surface area contributed by atoms with Crippen molar-refractivity contribution < 1.29 is 4.79 Å². The zero-order chi connectivity index (χ0) is 15.0. The van der Waals surface area contributed by atoms with Gasteiger partial charge in [0.2, 0.25) is 0 Å². The van der Waals surface area contributed by atoms with Gasteiger partial charge in [-0.25, -0.2) is 4.98 Å². The maximum Gasteiger partial charge on any atom is 0.256 e. The Kier molecular flexibility index (Phi) is 3.43. The van der Waals surface area contributed by atoms with Gasteiger partial charge in [0.25, 0.3) is 5.91 Å². The van der Waals surface area contributed by atoms with Crippen LogP contribution in [-0.4, -0.2) is 15.3 Å². The summed E-state index contributed by atoms with van der Waals surface area (Å²) in [5, 5.41) is 3.80. The number of nitrogens with one attached hydrogen (secondary N) is 1. The van der Waals surface area contributed by atoms with E-state index in [1.807, 2.05) is 51.1 Å². The molecule has 3 aromatic rings. The van der Waals surface area contributed by atoms with Gasteiger partial charge in [-0.15, -0.1) is 0 Å². The Morgan fingerprint density at radius 2 is 1.86 bits per heavy atom. The number of anilines is 1. The number of aryl methyl sites for hydroxylation is 3. The lowest BCUT2D eigenvalue weighted by molar-refractivity contribution is 0.102. The fourth-order valence-corrected chi connectivity index (χ4v) is 3.11. The number of amides is 1. The lowest BCUT2D eigenvalue weighted by atomic mass is 10.1. The second-order valence-electron chi connectivity index (χ2n) is 5.11. The number of hydrogen-bond donors (Lipinski definition) is 1. The molecular weight excluding hydrogens is 282 g/mol. The SMILES string of the molecule is Cc1ccc(C(=O)Nc2nsc3nc(C)cc(C)c23)cc1. The topological polar surface area (TPSA) is 54.9 Å². The molecule has 0 spiro atoms. The number of benzene rings is 1. The lowest BCUT2D eigenvalue weighted by Crippen LogP contribution is -2.12. The summed E-state index contributed by atoms with van der Waals surface area (Å²) in [5.74, 6) is 0.438. The minimum Gasteiger partial charge on any atom is -0.305 e. The van der Waals surface area contributed by atoms with Crippen LogP contribution in [0.5, 0.6) is 0 Å². The third kappa shape index (κ3) is 2.64. The Bertz CT molecular complexity index is 821. The first kappa shape index (κ1) is 13.7. The van der Waals surface area contributed by atoms with Crippen molar-refractivity contribution in [3.05, 3.63) is 52.7 Å². The number of carbonyl (C=O) groups is 1. The minimum atomic E-state index is -0.151. The molecule has 0 unspecified atom stereocenters. The highest BCUT2D eigenvalue weighted by Gasteiger charge is 2.14. The van der Waals surface area contributed by atoms with Gasteiger partial charge >= 0.3 is 0 Å². The first-order valence-corrected chi connectivity index (χ1v) is 7.43. The summed E-state index contributed by atoms with van der Waals surface area (Å²) in [4.78, 5) is 17.6. The second kappa shape index (κ2) is 5.26. The Morgan fingerprint density at radius 3 is 2.57 bits per heavy atom. The van der Waals surface area contributed by atoms with Gasteiger partial charge in [-0.2, -0.15) is 4.37 Å². The molecule has 0 saturated carbocycles. The van der Waals surface area contributed by atoms with E-state index in [-0.39, 0.29) is 5.91 Å². The quantitative estimate of drug-likeness (QED) is 0.781. The van der Waals surface area contributed by atoms with Crippen molar-refractivity contribution in [3.8, 4) is 0 Å². The summed E-state index contributed by atoms with van der Waals surface area (Å²) in [7, 11) is 0. The molecule has 0 bridgehead atoms. The summed E-state index contributed by atoms with van der Waals surface area (Å²) in [6, 6.07) is 9.47. The smallest absolute Gasteiger partial charge is 0.256 e. The molecule has 0 atom stereocenters. The van der Waals surface area contributed by atoms with Gasteiger partial charge < -0.3 is 5.32 Å². The van der Waals surface area contributed by atoms with E-state index in [0.29, 0.717) is 11.4 Å². The molecular formula is C16H15N3OS. The van der Waals surface area contributed by atoms with E-state index in [2.05, 4.69) is 14.7 Å². The highest BCUT2D eigenvalue weighted by molar-refractivity contribution is 7.13. The van der Waals surface area contributed by atoms with Gasteiger partial charge in [0.1, 0.15) is 4.83 Å². The Balaban J connectivity index is 1.95. The van der Waals surface area contributed by atoms with Crippen molar-refractivity contribution in [1.29, 1.82) is 0 Å². The normalized spacial score (nSPS) is 10.8. The van der Waals surface area contributed by atoms with Crippen molar-refractivity contribution in [2.45, 2.75) is 20.8 Å². The molecule has 0 saturated heterocycles. The highest BCUT2D eigenvalue weighted by atomic mass is 32.1. The molecule has 0 radical (unpaired) electrons.